The molecule has 1 aromatic carbocycles. The Morgan fingerprint density at radius 2 is 1.93 bits per heavy atom. The number of aliphatic imine (C=N–C) groups is 1. The van der Waals surface area contributed by atoms with Crippen LogP contribution in [0.5, 0.6) is 0 Å². The molecule has 0 spiro atoms. The minimum Gasteiger partial charge on any atom is -0.441 e. The number of hydrogen-bond acceptors (Lipinski definition) is 5. The summed E-state index contributed by atoms with van der Waals surface area (Å²) < 4.78 is 5.98. The molecule has 0 aliphatic carbocycles. The van der Waals surface area contributed by atoms with Crippen molar-refractivity contribution >= 4 is 40.5 Å². The highest BCUT2D eigenvalue weighted by Crippen LogP contribution is 2.34. The molecule has 28 heavy (non-hydrogen) atoms. The Morgan fingerprint density at radius 3 is 2.71 bits per heavy atom. The number of piperidine rings is 1. The molecule has 0 atom stereocenters. The van der Waals surface area contributed by atoms with Crippen molar-refractivity contribution in [1.82, 2.24) is 4.90 Å². The van der Waals surface area contributed by atoms with Crippen molar-refractivity contribution in [3.63, 3.8) is 0 Å². The number of thioether (sulfide) groups is 1. The quantitative estimate of drug-likeness (QED) is 0.679. The molecule has 2 saturated heterocycles. The normalized spacial score (nSPS) is 20.6. The van der Waals surface area contributed by atoms with Gasteiger partial charge in [-0.1, -0.05) is 25.1 Å². The van der Waals surface area contributed by atoms with Crippen molar-refractivity contribution in [3.05, 3.63) is 52.6 Å². The fourth-order valence-corrected chi connectivity index (χ4v) is 4.47. The van der Waals surface area contributed by atoms with Crippen LogP contribution in [0.15, 0.2) is 50.7 Å². The molecular weight excluding hydrogens is 370 g/mol. The summed E-state index contributed by atoms with van der Waals surface area (Å²) in [6, 6.07) is 12.0. The van der Waals surface area contributed by atoms with Gasteiger partial charge in [0.15, 0.2) is 11.1 Å². The fourth-order valence-electron chi connectivity index (χ4n) is 3.51. The maximum atomic E-state index is 12.7. The highest BCUT2D eigenvalue weighted by atomic mass is 32.2. The van der Waals surface area contributed by atoms with Gasteiger partial charge in [-0.15, -0.1) is 0 Å². The van der Waals surface area contributed by atoms with E-state index >= 15 is 0 Å². The Bertz CT molecular complexity index is 925. The monoisotopic (exact) mass is 395 g/mol. The topological polar surface area (TPSA) is 49.1 Å². The first-order valence-electron chi connectivity index (χ1n) is 9.84. The van der Waals surface area contributed by atoms with Gasteiger partial charge in [0.1, 0.15) is 5.76 Å². The smallest absolute Gasteiger partial charge is 0.266 e. The van der Waals surface area contributed by atoms with E-state index in [1.807, 2.05) is 36.4 Å². The van der Waals surface area contributed by atoms with E-state index in [0.29, 0.717) is 15.8 Å². The second-order valence-electron chi connectivity index (χ2n) is 7.08. The second-order valence-corrected chi connectivity index (χ2v) is 8.08. The number of amidine groups is 1. The molecule has 4 rings (SSSR count). The molecule has 3 heterocycles. The molecule has 6 heteroatoms. The number of para-hydroxylation sites is 1. The number of benzene rings is 1. The van der Waals surface area contributed by atoms with Gasteiger partial charge < -0.3 is 9.32 Å². The zero-order chi connectivity index (χ0) is 19.5. The minimum atomic E-state index is -0.0475. The molecule has 2 fully saturated rings. The van der Waals surface area contributed by atoms with Gasteiger partial charge in [-0.3, -0.25) is 9.69 Å². The van der Waals surface area contributed by atoms with Crippen LogP contribution in [-0.4, -0.2) is 36.1 Å². The van der Waals surface area contributed by atoms with Crippen LogP contribution in [0.4, 0.5) is 11.6 Å². The number of likely N-dealkylation sites (N-methyl/N-ethyl adjacent to an activating group) is 1. The molecule has 0 saturated carbocycles. The number of hydrogen-bond donors (Lipinski definition) is 0. The molecule has 1 amide bonds. The summed E-state index contributed by atoms with van der Waals surface area (Å²) in [6.45, 7) is 4.18. The first-order valence-corrected chi connectivity index (χ1v) is 10.7. The highest BCUT2D eigenvalue weighted by Gasteiger charge is 2.31. The Balaban J connectivity index is 1.55. The predicted octanol–water partition coefficient (Wildman–Crippen LogP) is 5.07. The average Bonchev–Trinajstić information content (AvgIpc) is 3.30. The molecular formula is C22H25N3O2S. The number of carbonyl (C=O) groups is 1. The Kier molecular flexibility index (Phi) is 5.57. The van der Waals surface area contributed by atoms with Crippen molar-refractivity contribution in [2.24, 2.45) is 4.99 Å². The standard InChI is InChI=1S/C22H25N3O2S/c1-3-16-9-5-6-10-18(16)23-22-24(2)21(26)19(28-22)15-17-11-12-20(27-17)25-13-7-4-8-14-25/h5-6,9-12,15H,3-4,7-8,13-14H2,1-2H3/b19-15+,23-22?. The molecule has 146 valence electrons. The first kappa shape index (κ1) is 18.9. The summed E-state index contributed by atoms with van der Waals surface area (Å²) in [7, 11) is 1.77. The summed E-state index contributed by atoms with van der Waals surface area (Å²) in [4.78, 5) is 21.9. The van der Waals surface area contributed by atoms with Crippen LogP contribution >= 0.6 is 11.8 Å². The van der Waals surface area contributed by atoms with Crippen molar-refractivity contribution in [3.8, 4) is 0 Å². The first-order chi connectivity index (χ1) is 13.7. The van der Waals surface area contributed by atoms with Gasteiger partial charge in [0, 0.05) is 32.3 Å². The summed E-state index contributed by atoms with van der Waals surface area (Å²) in [5.41, 5.74) is 2.09. The lowest BCUT2D eigenvalue weighted by Crippen LogP contribution is -2.28. The molecule has 2 aliphatic heterocycles. The molecule has 0 unspecified atom stereocenters. The van der Waals surface area contributed by atoms with Crippen molar-refractivity contribution in [2.45, 2.75) is 32.6 Å². The zero-order valence-corrected chi connectivity index (χ0v) is 17.2. The molecule has 2 aliphatic rings. The number of amides is 1. The van der Waals surface area contributed by atoms with Gasteiger partial charge in [0.2, 0.25) is 0 Å². The Labute approximate surface area is 170 Å². The van der Waals surface area contributed by atoms with Crippen LogP contribution in [0.25, 0.3) is 6.08 Å². The van der Waals surface area contributed by atoms with Gasteiger partial charge in [-0.05, 0) is 55.1 Å². The molecule has 0 radical (unpaired) electrons. The summed E-state index contributed by atoms with van der Waals surface area (Å²) in [5.74, 6) is 1.55. The third-order valence-corrected chi connectivity index (χ3v) is 6.21. The maximum absolute atomic E-state index is 12.7. The molecule has 5 nitrogen and oxygen atoms in total. The molecule has 0 N–H and O–H groups in total. The van der Waals surface area contributed by atoms with Crippen LogP contribution in [0, 0.1) is 0 Å². The van der Waals surface area contributed by atoms with Gasteiger partial charge >= 0.3 is 0 Å². The SMILES string of the molecule is CCc1ccccc1N=C1S/C(=C/c2ccc(N3CCCCC3)o2)C(=O)N1C. The average molecular weight is 396 g/mol. The number of aryl methyl sites for hydroxylation is 1. The van der Waals surface area contributed by atoms with E-state index in [0.717, 1.165) is 31.1 Å². The van der Waals surface area contributed by atoms with Crippen LogP contribution in [0.2, 0.25) is 0 Å². The summed E-state index contributed by atoms with van der Waals surface area (Å²) in [6.07, 6.45) is 6.42. The highest BCUT2D eigenvalue weighted by molar-refractivity contribution is 8.18. The van der Waals surface area contributed by atoms with E-state index in [-0.39, 0.29) is 5.91 Å². The number of furan rings is 1. The van der Waals surface area contributed by atoms with E-state index in [2.05, 4.69) is 17.9 Å². The third kappa shape index (κ3) is 3.87. The van der Waals surface area contributed by atoms with Gasteiger partial charge in [-0.2, -0.15) is 0 Å². The zero-order valence-electron chi connectivity index (χ0n) is 16.4. The van der Waals surface area contributed by atoms with Gasteiger partial charge in [-0.25, -0.2) is 4.99 Å². The largest absolute Gasteiger partial charge is 0.441 e. The van der Waals surface area contributed by atoms with E-state index < -0.39 is 0 Å². The lowest BCUT2D eigenvalue weighted by atomic mass is 10.1. The van der Waals surface area contributed by atoms with E-state index in [4.69, 9.17) is 9.41 Å². The maximum Gasteiger partial charge on any atom is 0.266 e. The Hall–Kier alpha value is -2.47. The third-order valence-electron chi connectivity index (χ3n) is 5.15. The predicted molar refractivity (Wildman–Crippen MR) is 116 cm³/mol. The fraction of sp³-hybridized carbons (Fsp3) is 0.364. The molecule has 2 aromatic rings. The van der Waals surface area contributed by atoms with Crippen molar-refractivity contribution < 1.29 is 9.21 Å². The summed E-state index contributed by atoms with van der Waals surface area (Å²) in [5, 5.41) is 0.694. The summed E-state index contributed by atoms with van der Waals surface area (Å²) >= 11 is 1.39. The number of nitrogens with zero attached hydrogens (tertiary/aromatic N) is 3. The van der Waals surface area contributed by atoms with E-state index in [1.165, 1.54) is 36.6 Å². The van der Waals surface area contributed by atoms with Crippen molar-refractivity contribution in [2.75, 3.05) is 25.0 Å². The lowest BCUT2D eigenvalue weighted by Gasteiger charge is -2.25. The number of rotatable bonds is 4. The van der Waals surface area contributed by atoms with Crippen LogP contribution < -0.4 is 4.90 Å². The van der Waals surface area contributed by atoms with Crippen LogP contribution in [0.3, 0.4) is 0 Å². The Morgan fingerprint density at radius 1 is 1.14 bits per heavy atom. The van der Waals surface area contributed by atoms with Crippen molar-refractivity contribution in [1.29, 1.82) is 0 Å². The second kappa shape index (κ2) is 8.27. The lowest BCUT2D eigenvalue weighted by molar-refractivity contribution is -0.121. The molecule has 0 bridgehead atoms. The number of anilines is 1. The molecule has 1 aromatic heterocycles. The van der Waals surface area contributed by atoms with Crippen LogP contribution in [0.1, 0.15) is 37.5 Å². The van der Waals surface area contributed by atoms with Crippen LogP contribution in [-0.2, 0) is 11.2 Å². The van der Waals surface area contributed by atoms with Gasteiger partial charge in [0.05, 0.1) is 10.6 Å². The van der Waals surface area contributed by atoms with E-state index in [9.17, 15) is 4.79 Å². The number of carbonyl (C=O) groups excluding carboxylic acids is 1. The van der Waals surface area contributed by atoms with Gasteiger partial charge in [0.25, 0.3) is 5.91 Å². The minimum absolute atomic E-state index is 0.0475. The van der Waals surface area contributed by atoms with E-state index in [1.54, 1.807) is 11.9 Å².